The SMILES string of the molecule is Cc1cnn(CC2CCCN2C(=O)c2cnn3cccnc23)c1. The van der Waals surface area contributed by atoms with Gasteiger partial charge >= 0.3 is 0 Å². The van der Waals surface area contributed by atoms with Gasteiger partial charge in [0.2, 0.25) is 0 Å². The topological polar surface area (TPSA) is 68.3 Å². The first-order chi connectivity index (χ1) is 11.2. The Kier molecular flexibility index (Phi) is 3.33. The number of hydrogen-bond donors (Lipinski definition) is 0. The Labute approximate surface area is 133 Å². The molecule has 1 unspecified atom stereocenters. The summed E-state index contributed by atoms with van der Waals surface area (Å²) >= 11 is 0. The van der Waals surface area contributed by atoms with Crippen LogP contribution in [0.1, 0.15) is 28.8 Å². The fourth-order valence-corrected chi connectivity index (χ4v) is 3.21. The van der Waals surface area contributed by atoms with Crippen LogP contribution in [-0.4, -0.2) is 47.8 Å². The van der Waals surface area contributed by atoms with Gasteiger partial charge in [-0.15, -0.1) is 0 Å². The summed E-state index contributed by atoms with van der Waals surface area (Å²) in [6.07, 6.45) is 11.0. The molecule has 118 valence electrons. The molecule has 0 bridgehead atoms. The van der Waals surface area contributed by atoms with E-state index in [2.05, 4.69) is 15.2 Å². The number of amides is 1. The zero-order valence-electron chi connectivity index (χ0n) is 13.0. The molecule has 23 heavy (non-hydrogen) atoms. The van der Waals surface area contributed by atoms with Crippen molar-refractivity contribution in [1.82, 2.24) is 29.3 Å². The third-order valence-corrected chi connectivity index (χ3v) is 4.31. The molecule has 0 aliphatic carbocycles. The third kappa shape index (κ3) is 2.48. The Morgan fingerprint density at radius 1 is 1.35 bits per heavy atom. The van der Waals surface area contributed by atoms with Crippen LogP contribution in [-0.2, 0) is 6.54 Å². The highest BCUT2D eigenvalue weighted by Gasteiger charge is 2.31. The van der Waals surface area contributed by atoms with Gasteiger partial charge in [-0.25, -0.2) is 9.50 Å². The fourth-order valence-electron chi connectivity index (χ4n) is 3.21. The van der Waals surface area contributed by atoms with E-state index >= 15 is 0 Å². The van der Waals surface area contributed by atoms with Crippen molar-refractivity contribution in [3.05, 3.63) is 48.2 Å². The van der Waals surface area contributed by atoms with Crippen LogP contribution in [0.3, 0.4) is 0 Å². The second-order valence-electron chi connectivity index (χ2n) is 5.98. The van der Waals surface area contributed by atoms with Gasteiger partial charge in [0.1, 0.15) is 5.56 Å². The summed E-state index contributed by atoms with van der Waals surface area (Å²) in [6, 6.07) is 1.97. The van der Waals surface area contributed by atoms with E-state index in [1.807, 2.05) is 28.9 Å². The van der Waals surface area contributed by atoms with Crippen molar-refractivity contribution in [2.45, 2.75) is 32.4 Å². The molecule has 1 aliphatic heterocycles. The van der Waals surface area contributed by atoms with E-state index < -0.39 is 0 Å². The van der Waals surface area contributed by atoms with E-state index in [9.17, 15) is 4.79 Å². The molecule has 1 fully saturated rings. The zero-order valence-corrected chi connectivity index (χ0v) is 13.0. The number of carbonyl (C=O) groups excluding carboxylic acids is 1. The van der Waals surface area contributed by atoms with Crippen LogP contribution in [0.5, 0.6) is 0 Å². The van der Waals surface area contributed by atoms with Gasteiger partial charge in [-0.3, -0.25) is 9.48 Å². The molecule has 1 saturated heterocycles. The van der Waals surface area contributed by atoms with E-state index in [1.54, 1.807) is 29.2 Å². The van der Waals surface area contributed by atoms with Gasteiger partial charge in [0.15, 0.2) is 5.65 Å². The lowest BCUT2D eigenvalue weighted by Crippen LogP contribution is -2.38. The number of aromatic nitrogens is 5. The average Bonchev–Trinajstić information content (AvgIpc) is 3.27. The summed E-state index contributed by atoms with van der Waals surface area (Å²) in [6.45, 7) is 3.52. The monoisotopic (exact) mass is 310 g/mol. The summed E-state index contributed by atoms with van der Waals surface area (Å²) in [5.41, 5.74) is 2.31. The number of aryl methyl sites for hydroxylation is 1. The normalized spacial score (nSPS) is 18.0. The van der Waals surface area contributed by atoms with Crippen molar-refractivity contribution in [2.75, 3.05) is 6.54 Å². The summed E-state index contributed by atoms with van der Waals surface area (Å²) in [5.74, 6) is 0.00470. The van der Waals surface area contributed by atoms with E-state index in [0.29, 0.717) is 11.2 Å². The Morgan fingerprint density at radius 3 is 3.09 bits per heavy atom. The standard InChI is InChI=1S/C16H18N6O/c1-12-8-18-20(10-12)11-13-4-2-6-21(13)16(23)14-9-19-22-7-3-5-17-15(14)22/h3,5,7-10,13H,2,4,6,11H2,1H3. The van der Waals surface area contributed by atoms with Crippen molar-refractivity contribution < 1.29 is 4.79 Å². The average molecular weight is 310 g/mol. The maximum absolute atomic E-state index is 12.9. The van der Waals surface area contributed by atoms with Gasteiger partial charge in [0.25, 0.3) is 5.91 Å². The highest BCUT2D eigenvalue weighted by Crippen LogP contribution is 2.22. The van der Waals surface area contributed by atoms with Gasteiger partial charge < -0.3 is 4.90 Å². The van der Waals surface area contributed by atoms with Gasteiger partial charge in [0, 0.05) is 25.1 Å². The number of nitrogens with zero attached hydrogens (tertiary/aromatic N) is 6. The molecule has 1 atom stereocenters. The lowest BCUT2D eigenvalue weighted by atomic mass is 10.2. The molecule has 0 N–H and O–H groups in total. The highest BCUT2D eigenvalue weighted by atomic mass is 16.2. The summed E-state index contributed by atoms with van der Waals surface area (Å²) in [5, 5.41) is 8.55. The molecule has 0 aromatic carbocycles. The first-order valence-corrected chi connectivity index (χ1v) is 7.81. The Bertz CT molecular complexity index is 851. The second kappa shape index (κ2) is 5.49. The zero-order chi connectivity index (χ0) is 15.8. The molecule has 1 amide bonds. The Balaban J connectivity index is 1.59. The summed E-state index contributed by atoms with van der Waals surface area (Å²) < 4.78 is 3.55. The lowest BCUT2D eigenvalue weighted by molar-refractivity contribution is 0.0723. The summed E-state index contributed by atoms with van der Waals surface area (Å²) in [4.78, 5) is 19.1. The molecular formula is C16H18N6O. The van der Waals surface area contributed by atoms with E-state index in [4.69, 9.17) is 0 Å². The van der Waals surface area contributed by atoms with Crippen molar-refractivity contribution in [1.29, 1.82) is 0 Å². The van der Waals surface area contributed by atoms with Crippen molar-refractivity contribution >= 4 is 11.6 Å². The maximum atomic E-state index is 12.9. The molecular weight excluding hydrogens is 292 g/mol. The lowest BCUT2D eigenvalue weighted by Gasteiger charge is -2.24. The minimum atomic E-state index is 0.00470. The van der Waals surface area contributed by atoms with Gasteiger partial charge in [-0.1, -0.05) is 0 Å². The first-order valence-electron chi connectivity index (χ1n) is 7.81. The predicted molar refractivity (Wildman–Crippen MR) is 84.0 cm³/mol. The second-order valence-corrected chi connectivity index (χ2v) is 5.98. The minimum absolute atomic E-state index is 0.00470. The number of rotatable bonds is 3. The van der Waals surface area contributed by atoms with E-state index in [-0.39, 0.29) is 11.9 Å². The minimum Gasteiger partial charge on any atom is -0.334 e. The van der Waals surface area contributed by atoms with Crippen molar-refractivity contribution in [3.8, 4) is 0 Å². The molecule has 7 heteroatoms. The van der Waals surface area contributed by atoms with Gasteiger partial charge in [-0.05, 0) is 31.4 Å². The van der Waals surface area contributed by atoms with Crippen molar-refractivity contribution in [2.24, 2.45) is 0 Å². The number of carbonyl (C=O) groups is 1. The molecule has 0 radical (unpaired) electrons. The molecule has 0 spiro atoms. The van der Waals surface area contributed by atoms with Crippen LogP contribution >= 0.6 is 0 Å². The van der Waals surface area contributed by atoms with Crippen LogP contribution in [0.4, 0.5) is 0 Å². The number of likely N-dealkylation sites (tertiary alicyclic amines) is 1. The molecule has 4 rings (SSSR count). The highest BCUT2D eigenvalue weighted by molar-refractivity contribution is 5.99. The van der Waals surface area contributed by atoms with Crippen LogP contribution in [0.15, 0.2) is 37.1 Å². The number of hydrogen-bond acceptors (Lipinski definition) is 4. The smallest absolute Gasteiger partial charge is 0.259 e. The molecule has 1 aliphatic rings. The molecule has 3 aromatic rings. The Morgan fingerprint density at radius 2 is 2.26 bits per heavy atom. The van der Waals surface area contributed by atoms with Gasteiger partial charge in [-0.2, -0.15) is 10.2 Å². The van der Waals surface area contributed by atoms with E-state index in [0.717, 1.165) is 31.5 Å². The maximum Gasteiger partial charge on any atom is 0.259 e. The fraction of sp³-hybridized carbons (Fsp3) is 0.375. The van der Waals surface area contributed by atoms with E-state index in [1.165, 1.54) is 0 Å². The summed E-state index contributed by atoms with van der Waals surface area (Å²) in [7, 11) is 0. The van der Waals surface area contributed by atoms with Crippen molar-refractivity contribution in [3.63, 3.8) is 0 Å². The third-order valence-electron chi connectivity index (χ3n) is 4.31. The van der Waals surface area contributed by atoms with Gasteiger partial charge in [0.05, 0.1) is 25.0 Å². The van der Waals surface area contributed by atoms with Crippen LogP contribution < -0.4 is 0 Å². The Hall–Kier alpha value is -2.70. The largest absolute Gasteiger partial charge is 0.334 e. The number of fused-ring (bicyclic) bond motifs is 1. The molecule has 0 saturated carbocycles. The van der Waals surface area contributed by atoms with Crippen LogP contribution in [0.25, 0.3) is 5.65 Å². The molecule has 4 heterocycles. The molecule has 3 aromatic heterocycles. The molecule has 7 nitrogen and oxygen atoms in total. The first kappa shape index (κ1) is 13.9. The van der Waals surface area contributed by atoms with Crippen LogP contribution in [0, 0.1) is 6.92 Å². The predicted octanol–water partition coefficient (Wildman–Crippen LogP) is 1.54. The van der Waals surface area contributed by atoms with Crippen LogP contribution in [0.2, 0.25) is 0 Å². The quantitative estimate of drug-likeness (QED) is 0.736.